The van der Waals surface area contributed by atoms with Crippen LogP contribution in [0.1, 0.15) is 21.6 Å². The topological polar surface area (TPSA) is 74.0 Å². The molecule has 0 fully saturated rings. The molecule has 0 radical (unpaired) electrons. The lowest BCUT2D eigenvalue weighted by molar-refractivity contribution is 0.0693. The van der Waals surface area contributed by atoms with Crippen molar-refractivity contribution in [2.75, 3.05) is 0 Å². The van der Waals surface area contributed by atoms with Crippen LogP contribution in [0, 0.1) is 11.3 Å². The van der Waals surface area contributed by atoms with Crippen molar-refractivity contribution in [2.45, 2.75) is 10.6 Å². The SMILES string of the molecule is N#Cc1cc(CSc2ccccc2C(=O)O)ccn1. The normalized spacial score (nSPS) is 9.84. The van der Waals surface area contributed by atoms with E-state index in [0.717, 1.165) is 5.56 Å². The van der Waals surface area contributed by atoms with Crippen LogP contribution in [0.25, 0.3) is 0 Å². The molecule has 0 aliphatic carbocycles. The summed E-state index contributed by atoms with van der Waals surface area (Å²) in [5.74, 6) is -0.336. The Morgan fingerprint density at radius 2 is 2.16 bits per heavy atom. The number of nitrogens with zero attached hydrogens (tertiary/aromatic N) is 2. The third-order valence-electron chi connectivity index (χ3n) is 2.45. The molecule has 0 aliphatic rings. The number of carbonyl (C=O) groups is 1. The number of hydrogen-bond donors (Lipinski definition) is 1. The molecule has 2 aromatic rings. The number of hydrogen-bond acceptors (Lipinski definition) is 4. The van der Waals surface area contributed by atoms with Gasteiger partial charge in [0.15, 0.2) is 0 Å². The summed E-state index contributed by atoms with van der Waals surface area (Å²) in [6.07, 6.45) is 1.58. The van der Waals surface area contributed by atoms with Crippen LogP contribution < -0.4 is 0 Å². The lowest BCUT2D eigenvalue weighted by atomic mass is 10.2. The van der Waals surface area contributed by atoms with Crippen LogP contribution in [-0.4, -0.2) is 16.1 Å². The molecule has 0 atom stereocenters. The number of carboxylic acids is 1. The summed E-state index contributed by atoms with van der Waals surface area (Å²) < 4.78 is 0. The van der Waals surface area contributed by atoms with E-state index >= 15 is 0 Å². The van der Waals surface area contributed by atoms with Crippen LogP contribution in [0.4, 0.5) is 0 Å². The molecule has 0 aliphatic heterocycles. The van der Waals surface area contributed by atoms with Gasteiger partial charge in [-0.1, -0.05) is 12.1 Å². The summed E-state index contributed by atoms with van der Waals surface area (Å²) >= 11 is 1.43. The minimum absolute atomic E-state index is 0.294. The molecular formula is C14H10N2O2S. The van der Waals surface area contributed by atoms with Crippen molar-refractivity contribution in [3.63, 3.8) is 0 Å². The van der Waals surface area contributed by atoms with Crippen LogP contribution in [0.15, 0.2) is 47.5 Å². The number of nitriles is 1. The number of pyridine rings is 1. The summed E-state index contributed by atoms with van der Waals surface area (Å²) in [6, 6.07) is 12.4. The summed E-state index contributed by atoms with van der Waals surface area (Å²) in [5, 5.41) is 17.8. The van der Waals surface area contributed by atoms with Gasteiger partial charge in [0.25, 0.3) is 0 Å². The molecule has 2 rings (SSSR count). The average Bonchev–Trinajstić information content (AvgIpc) is 2.45. The second-order valence-corrected chi connectivity index (χ2v) is 4.77. The van der Waals surface area contributed by atoms with E-state index in [9.17, 15) is 4.79 Å². The fourth-order valence-corrected chi connectivity index (χ4v) is 2.54. The maximum absolute atomic E-state index is 11.1. The molecular weight excluding hydrogens is 260 g/mol. The molecule has 0 unspecified atom stereocenters. The second kappa shape index (κ2) is 6.03. The molecule has 1 aromatic heterocycles. The lowest BCUT2D eigenvalue weighted by Gasteiger charge is -2.05. The maximum atomic E-state index is 11.1. The van der Waals surface area contributed by atoms with E-state index in [1.165, 1.54) is 11.8 Å². The van der Waals surface area contributed by atoms with Gasteiger partial charge in [-0.15, -0.1) is 11.8 Å². The number of benzene rings is 1. The first kappa shape index (κ1) is 13.1. The number of rotatable bonds is 4. The van der Waals surface area contributed by atoms with Crippen LogP contribution >= 0.6 is 11.8 Å². The number of thioether (sulfide) groups is 1. The molecule has 0 spiro atoms. The first-order valence-corrected chi connectivity index (χ1v) is 6.49. The molecule has 19 heavy (non-hydrogen) atoms. The fourth-order valence-electron chi connectivity index (χ4n) is 1.56. The zero-order chi connectivity index (χ0) is 13.7. The molecule has 1 N–H and O–H groups in total. The van der Waals surface area contributed by atoms with Gasteiger partial charge in [-0.3, -0.25) is 0 Å². The van der Waals surface area contributed by atoms with Gasteiger partial charge in [-0.2, -0.15) is 5.26 Å². The first-order valence-electron chi connectivity index (χ1n) is 5.51. The Morgan fingerprint density at radius 3 is 2.89 bits per heavy atom. The second-order valence-electron chi connectivity index (χ2n) is 3.75. The largest absolute Gasteiger partial charge is 0.478 e. The molecule has 1 aromatic carbocycles. The molecule has 94 valence electrons. The highest BCUT2D eigenvalue weighted by Crippen LogP contribution is 2.26. The van der Waals surface area contributed by atoms with Gasteiger partial charge in [-0.25, -0.2) is 9.78 Å². The third kappa shape index (κ3) is 3.33. The lowest BCUT2D eigenvalue weighted by Crippen LogP contribution is -1.98. The first-order chi connectivity index (χ1) is 9.20. The van der Waals surface area contributed by atoms with Crippen molar-refractivity contribution < 1.29 is 9.90 Å². The highest BCUT2D eigenvalue weighted by Gasteiger charge is 2.09. The zero-order valence-electron chi connectivity index (χ0n) is 9.91. The number of carboxylic acid groups (broad SMARTS) is 1. The minimum atomic E-state index is -0.935. The van der Waals surface area contributed by atoms with Gasteiger partial charge in [0, 0.05) is 16.8 Å². The Hall–Kier alpha value is -2.32. The van der Waals surface area contributed by atoms with E-state index < -0.39 is 5.97 Å². The Balaban J connectivity index is 2.15. The summed E-state index contributed by atoms with van der Waals surface area (Å²) in [6.45, 7) is 0. The van der Waals surface area contributed by atoms with Crippen LogP contribution in [0.5, 0.6) is 0 Å². The molecule has 5 heteroatoms. The minimum Gasteiger partial charge on any atom is -0.478 e. The van der Waals surface area contributed by atoms with E-state index in [2.05, 4.69) is 4.98 Å². The van der Waals surface area contributed by atoms with Gasteiger partial charge in [0.2, 0.25) is 0 Å². The van der Waals surface area contributed by atoms with Gasteiger partial charge >= 0.3 is 5.97 Å². The predicted molar refractivity (Wildman–Crippen MR) is 71.9 cm³/mol. The molecule has 4 nitrogen and oxygen atoms in total. The third-order valence-corrected chi connectivity index (χ3v) is 3.60. The van der Waals surface area contributed by atoms with E-state index in [-0.39, 0.29) is 0 Å². The van der Waals surface area contributed by atoms with Gasteiger partial charge in [0.1, 0.15) is 11.8 Å². The molecule has 0 amide bonds. The van der Waals surface area contributed by atoms with E-state index in [1.54, 1.807) is 30.5 Å². The Kier molecular flexibility index (Phi) is 4.16. The van der Waals surface area contributed by atoms with Crippen molar-refractivity contribution >= 4 is 17.7 Å². The Bertz CT molecular complexity index is 650. The number of aromatic nitrogens is 1. The van der Waals surface area contributed by atoms with Crippen molar-refractivity contribution in [1.82, 2.24) is 4.98 Å². The van der Waals surface area contributed by atoms with Crippen LogP contribution in [-0.2, 0) is 5.75 Å². The van der Waals surface area contributed by atoms with Crippen molar-refractivity contribution in [2.24, 2.45) is 0 Å². The quantitative estimate of drug-likeness (QED) is 0.864. The highest BCUT2D eigenvalue weighted by molar-refractivity contribution is 7.98. The molecule has 1 heterocycles. The number of aromatic carboxylic acids is 1. The van der Waals surface area contributed by atoms with Crippen molar-refractivity contribution in [1.29, 1.82) is 5.26 Å². The van der Waals surface area contributed by atoms with E-state index in [0.29, 0.717) is 21.9 Å². The van der Waals surface area contributed by atoms with Crippen LogP contribution in [0.2, 0.25) is 0 Å². The van der Waals surface area contributed by atoms with Crippen molar-refractivity contribution in [3.05, 3.63) is 59.4 Å². The maximum Gasteiger partial charge on any atom is 0.336 e. The van der Waals surface area contributed by atoms with Crippen molar-refractivity contribution in [3.8, 4) is 6.07 Å². The smallest absolute Gasteiger partial charge is 0.336 e. The average molecular weight is 270 g/mol. The Morgan fingerprint density at radius 1 is 1.37 bits per heavy atom. The van der Waals surface area contributed by atoms with Gasteiger partial charge < -0.3 is 5.11 Å². The van der Waals surface area contributed by atoms with Gasteiger partial charge in [-0.05, 0) is 29.8 Å². The Labute approximate surface area is 114 Å². The molecule has 0 bridgehead atoms. The highest BCUT2D eigenvalue weighted by atomic mass is 32.2. The standard InChI is InChI=1S/C14H10N2O2S/c15-8-11-7-10(5-6-16-11)9-19-13-4-2-1-3-12(13)14(17)18/h1-7H,9H2,(H,17,18). The summed E-state index contributed by atoms with van der Waals surface area (Å²) in [7, 11) is 0. The fraction of sp³-hybridized carbons (Fsp3) is 0.0714. The van der Waals surface area contributed by atoms with Gasteiger partial charge in [0.05, 0.1) is 5.56 Å². The van der Waals surface area contributed by atoms with E-state index in [1.807, 2.05) is 18.2 Å². The molecule has 0 saturated carbocycles. The monoisotopic (exact) mass is 270 g/mol. The zero-order valence-corrected chi connectivity index (χ0v) is 10.7. The molecule has 0 saturated heterocycles. The van der Waals surface area contributed by atoms with E-state index in [4.69, 9.17) is 10.4 Å². The predicted octanol–water partition coefficient (Wildman–Crippen LogP) is 2.94. The van der Waals surface area contributed by atoms with Crippen LogP contribution in [0.3, 0.4) is 0 Å². The summed E-state index contributed by atoms with van der Waals surface area (Å²) in [5.41, 5.74) is 1.60. The summed E-state index contributed by atoms with van der Waals surface area (Å²) in [4.78, 5) is 15.7.